The number of aromatic nitrogens is 3. The molecule has 1 aromatic carbocycles. The second kappa shape index (κ2) is 7.23. The number of ether oxygens (including phenoxy) is 1. The van der Waals surface area contributed by atoms with Gasteiger partial charge in [0.2, 0.25) is 5.95 Å². The van der Waals surface area contributed by atoms with Crippen LogP contribution in [0, 0.1) is 0 Å². The third-order valence-corrected chi connectivity index (χ3v) is 4.79. The van der Waals surface area contributed by atoms with Gasteiger partial charge >= 0.3 is 0 Å². The Morgan fingerprint density at radius 3 is 2.68 bits per heavy atom. The number of rotatable bonds is 3. The van der Waals surface area contributed by atoms with Crippen molar-refractivity contribution in [2.24, 2.45) is 0 Å². The van der Waals surface area contributed by atoms with Crippen LogP contribution in [-0.4, -0.2) is 65.4 Å². The number of piperidine rings is 1. The molecule has 3 heterocycles. The summed E-state index contributed by atoms with van der Waals surface area (Å²) in [6, 6.07) is 7.64. The number of hydrogen-bond acceptors (Lipinski definition) is 5. The van der Waals surface area contributed by atoms with E-state index >= 15 is 0 Å². The lowest BCUT2D eigenvalue weighted by Crippen LogP contribution is -2.36. The molecule has 0 bridgehead atoms. The Morgan fingerprint density at radius 2 is 1.88 bits per heavy atom. The fourth-order valence-electron chi connectivity index (χ4n) is 3.37. The van der Waals surface area contributed by atoms with Crippen molar-refractivity contribution in [2.45, 2.75) is 19.3 Å². The van der Waals surface area contributed by atoms with Crippen molar-refractivity contribution in [3.05, 3.63) is 29.8 Å². The number of carbonyl (C=O) groups is 1. The summed E-state index contributed by atoms with van der Waals surface area (Å²) in [6.45, 7) is 4.70. The number of anilines is 1. The van der Waals surface area contributed by atoms with E-state index in [1.54, 1.807) is 0 Å². The Kier molecular flexibility index (Phi) is 4.65. The molecule has 2 aliphatic heterocycles. The van der Waals surface area contributed by atoms with E-state index in [0.717, 1.165) is 44.6 Å². The first-order valence-corrected chi connectivity index (χ1v) is 8.96. The SMILES string of the molecule is O=C(c1cccc(-c2nc(N3CCOCC3)n[nH]2)c1)N1CCCCC1. The Morgan fingerprint density at radius 1 is 1.08 bits per heavy atom. The summed E-state index contributed by atoms with van der Waals surface area (Å²) in [5.41, 5.74) is 1.60. The minimum absolute atomic E-state index is 0.106. The second-order valence-corrected chi connectivity index (χ2v) is 6.52. The van der Waals surface area contributed by atoms with E-state index in [9.17, 15) is 4.79 Å². The number of nitrogens with zero attached hydrogens (tertiary/aromatic N) is 4. The summed E-state index contributed by atoms with van der Waals surface area (Å²) in [6.07, 6.45) is 3.40. The van der Waals surface area contributed by atoms with Gasteiger partial charge in [-0.1, -0.05) is 12.1 Å². The topological polar surface area (TPSA) is 74.4 Å². The van der Waals surface area contributed by atoms with E-state index in [0.29, 0.717) is 30.5 Å². The highest BCUT2D eigenvalue weighted by Crippen LogP contribution is 2.21. The third-order valence-electron chi connectivity index (χ3n) is 4.79. The summed E-state index contributed by atoms with van der Waals surface area (Å²) in [7, 11) is 0. The van der Waals surface area contributed by atoms with E-state index in [-0.39, 0.29) is 5.91 Å². The molecule has 0 aliphatic carbocycles. The molecule has 0 atom stereocenters. The maximum atomic E-state index is 12.7. The molecule has 2 saturated heterocycles. The van der Waals surface area contributed by atoms with Crippen LogP contribution in [-0.2, 0) is 4.74 Å². The van der Waals surface area contributed by atoms with Crippen LogP contribution in [0.15, 0.2) is 24.3 Å². The van der Waals surface area contributed by atoms with E-state index in [1.807, 2.05) is 29.2 Å². The lowest BCUT2D eigenvalue weighted by Gasteiger charge is -2.26. The van der Waals surface area contributed by atoms with Crippen molar-refractivity contribution in [3.8, 4) is 11.4 Å². The summed E-state index contributed by atoms with van der Waals surface area (Å²) >= 11 is 0. The van der Waals surface area contributed by atoms with Gasteiger partial charge < -0.3 is 14.5 Å². The molecule has 132 valence electrons. The largest absolute Gasteiger partial charge is 0.378 e. The smallest absolute Gasteiger partial charge is 0.253 e. The number of morpholine rings is 1. The fraction of sp³-hybridized carbons (Fsp3) is 0.500. The minimum atomic E-state index is 0.106. The van der Waals surface area contributed by atoms with Crippen molar-refractivity contribution in [1.82, 2.24) is 20.1 Å². The van der Waals surface area contributed by atoms with E-state index in [4.69, 9.17) is 4.74 Å². The van der Waals surface area contributed by atoms with Crippen LogP contribution in [0.4, 0.5) is 5.95 Å². The molecule has 1 amide bonds. The van der Waals surface area contributed by atoms with Crippen molar-refractivity contribution >= 4 is 11.9 Å². The average Bonchev–Trinajstić information content (AvgIpc) is 3.19. The van der Waals surface area contributed by atoms with Crippen molar-refractivity contribution in [2.75, 3.05) is 44.3 Å². The lowest BCUT2D eigenvalue weighted by atomic mass is 10.1. The first kappa shape index (κ1) is 16.1. The highest BCUT2D eigenvalue weighted by molar-refractivity contribution is 5.95. The molecular weight excluding hydrogens is 318 g/mol. The number of amides is 1. The second-order valence-electron chi connectivity index (χ2n) is 6.52. The predicted molar refractivity (Wildman–Crippen MR) is 94.6 cm³/mol. The zero-order valence-corrected chi connectivity index (χ0v) is 14.3. The van der Waals surface area contributed by atoms with Gasteiger partial charge in [0.15, 0.2) is 5.82 Å². The summed E-state index contributed by atoms with van der Waals surface area (Å²) in [5, 5.41) is 7.32. The number of nitrogens with one attached hydrogen (secondary N) is 1. The Bertz CT molecular complexity index is 733. The first-order valence-electron chi connectivity index (χ1n) is 8.96. The van der Waals surface area contributed by atoms with Crippen LogP contribution in [0.25, 0.3) is 11.4 Å². The predicted octanol–water partition coefficient (Wildman–Crippen LogP) is 1.93. The lowest BCUT2D eigenvalue weighted by molar-refractivity contribution is 0.0724. The van der Waals surface area contributed by atoms with Crippen molar-refractivity contribution in [3.63, 3.8) is 0 Å². The molecule has 2 fully saturated rings. The maximum absolute atomic E-state index is 12.7. The molecule has 2 aliphatic rings. The molecule has 25 heavy (non-hydrogen) atoms. The molecule has 4 rings (SSSR count). The number of benzene rings is 1. The van der Waals surface area contributed by atoms with Gasteiger partial charge in [-0.2, -0.15) is 4.98 Å². The normalized spacial score (nSPS) is 18.4. The van der Waals surface area contributed by atoms with Gasteiger partial charge in [0.25, 0.3) is 5.91 Å². The number of H-pyrrole nitrogens is 1. The van der Waals surface area contributed by atoms with Crippen LogP contribution in [0.1, 0.15) is 29.6 Å². The number of hydrogen-bond donors (Lipinski definition) is 1. The highest BCUT2D eigenvalue weighted by atomic mass is 16.5. The number of aromatic amines is 1. The standard InChI is InChI=1S/C18H23N5O2/c24-17(22-7-2-1-3-8-22)15-6-4-5-14(13-15)16-19-18(21-20-16)23-9-11-25-12-10-23/h4-6,13H,1-3,7-12H2,(H,19,20,21). The summed E-state index contributed by atoms with van der Waals surface area (Å²) in [5.74, 6) is 1.48. The van der Waals surface area contributed by atoms with Gasteiger partial charge in [-0.15, -0.1) is 5.10 Å². The van der Waals surface area contributed by atoms with E-state index in [2.05, 4.69) is 20.1 Å². The number of carbonyl (C=O) groups excluding carboxylic acids is 1. The van der Waals surface area contributed by atoms with Crippen LogP contribution >= 0.6 is 0 Å². The van der Waals surface area contributed by atoms with Gasteiger partial charge in [0.05, 0.1) is 13.2 Å². The summed E-state index contributed by atoms with van der Waals surface area (Å²) in [4.78, 5) is 21.3. The van der Waals surface area contributed by atoms with Crippen LogP contribution in [0.5, 0.6) is 0 Å². The molecule has 0 radical (unpaired) electrons. The monoisotopic (exact) mass is 341 g/mol. The number of likely N-dealkylation sites (tertiary alicyclic amines) is 1. The van der Waals surface area contributed by atoms with Gasteiger partial charge in [0.1, 0.15) is 0 Å². The first-order chi connectivity index (χ1) is 12.3. The van der Waals surface area contributed by atoms with Crippen LogP contribution in [0.2, 0.25) is 0 Å². The van der Waals surface area contributed by atoms with E-state index in [1.165, 1.54) is 6.42 Å². The molecular formula is C18H23N5O2. The third kappa shape index (κ3) is 3.51. The Labute approximate surface area is 147 Å². The molecule has 1 N–H and O–H groups in total. The maximum Gasteiger partial charge on any atom is 0.253 e. The average molecular weight is 341 g/mol. The Hall–Kier alpha value is -2.41. The molecule has 0 unspecified atom stereocenters. The van der Waals surface area contributed by atoms with Crippen LogP contribution in [0.3, 0.4) is 0 Å². The van der Waals surface area contributed by atoms with Crippen molar-refractivity contribution in [1.29, 1.82) is 0 Å². The summed E-state index contributed by atoms with van der Waals surface area (Å²) < 4.78 is 5.36. The van der Waals surface area contributed by atoms with Crippen LogP contribution < -0.4 is 4.90 Å². The highest BCUT2D eigenvalue weighted by Gasteiger charge is 2.20. The van der Waals surface area contributed by atoms with Gasteiger partial charge in [0, 0.05) is 37.3 Å². The quantitative estimate of drug-likeness (QED) is 0.923. The molecule has 0 saturated carbocycles. The molecule has 7 nitrogen and oxygen atoms in total. The molecule has 7 heteroatoms. The zero-order valence-electron chi connectivity index (χ0n) is 14.3. The molecule has 2 aromatic rings. The zero-order chi connectivity index (χ0) is 17.1. The van der Waals surface area contributed by atoms with Crippen molar-refractivity contribution < 1.29 is 9.53 Å². The fourth-order valence-corrected chi connectivity index (χ4v) is 3.37. The van der Waals surface area contributed by atoms with Gasteiger partial charge in [-0.25, -0.2) is 0 Å². The molecule has 1 aromatic heterocycles. The minimum Gasteiger partial charge on any atom is -0.378 e. The molecule has 0 spiro atoms. The van der Waals surface area contributed by atoms with E-state index < -0.39 is 0 Å². The van der Waals surface area contributed by atoms with Gasteiger partial charge in [-0.05, 0) is 31.4 Å². The van der Waals surface area contributed by atoms with Gasteiger partial charge in [-0.3, -0.25) is 9.89 Å². The Balaban J connectivity index is 1.53.